The Morgan fingerprint density at radius 2 is 2.18 bits per heavy atom. The Hall–Kier alpha value is -3.47. The summed E-state index contributed by atoms with van der Waals surface area (Å²) in [4.78, 5) is 14.7. The van der Waals surface area contributed by atoms with Crippen molar-refractivity contribution in [3.8, 4) is 6.07 Å². The van der Waals surface area contributed by atoms with Crippen LogP contribution in [-0.4, -0.2) is 19.5 Å². The van der Waals surface area contributed by atoms with Crippen molar-refractivity contribution in [1.29, 1.82) is 5.26 Å². The number of hydrogen-bond donors (Lipinski definition) is 1. The lowest BCUT2D eigenvalue weighted by Crippen LogP contribution is -2.08. The summed E-state index contributed by atoms with van der Waals surface area (Å²) in [6, 6.07) is 9.75. The van der Waals surface area contributed by atoms with Crippen molar-refractivity contribution >= 4 is 17.0 Å². The van der Waals surface area contributed by atoms with Crippen LogP contribution < -0.4 is 5.32 Å². The van der Waals surface area contributed by atoms with Crippen LogP contribution in [-0.2, 0) is 6.54 Å². The van der Waals surface area contributed by atoms with Crippen molar-refractivity contribution < 1.29 is 4.92 Å². The average molecular weight is 294 g/mol. The van der Waals surface area contributed by atoms with E-state index in [0.717, 1.165) is 5.69 Å². The first-order chi connectivity index (χ1) is 10.7. The Labute approximate surface area is 124 Å². The van der Waals surface area contributed by atoms with Gasteiger partial charge < -0.3 is 5.32 Å². The molecule has 3 aromatic rings. The highest BCUT2D eigenvalue weighted by molar-refractivity contribution is 5.64. The maximum atomic E-state index is 11.1. The Balaban J connectivity index is 1.89. The molecule has 0 bridgehead atoms. The Bertz CT molecular complexity index is 896. The Morgan fingerprint density at radius 1 is 1.32 bits per heavy atom. The minimum Gasteiger partial charge on any atom is -0.374 e. The lowest BCUT2D eigenvalue weighted by molar-refractivity contribution is -0.384. The van der Waals surface area contributed by atoms with Crippen LogP contribution in [0.2, 0.25) is 0 Å². The van der Waals surface area contributed by atoms with Gasteiger partial charge in [-0.25, -0.2) is 9.50 Å². The second-order valence-electron chi connectivity index (χ2n) is 4.49. The highest BCUT2D eigenvalue weighted by atomic mass is 16.6. The number of aromatic nitrogens is 3. The van der Waals surface area contributed by atoms with E-state index in [0.29, 0.717) is 17.9 Å². The number of anilines is 1. The van der Waals surface area contributed by atoms with Gasteiger partial charge in [-0.05, 0) is 18.2 Å². The van der Waals surface area contributed by atoms with Crippen LogP contribution in [0.1, 0.15) is 11.3 Å². The number of rotatable bonds is 4. The molecule has 2 aromatic heterocycles. The molecule has 8 nitrogen and oxygen atoms in total. The van der Waals surface area contributed by atoms with E-state index in [-0.39, 0.29) is 11.3 Å². The molecule has 0 aliphatic carbocycles. The van der Waals surface area contributed by atoms with Crippen LogP contribution >= 0.6 is 0 Å². The molecule has 1 N–H and O–H groups in total. The van der Waals surface area contributed by atoms with Gasteiger partial charge in [0.05, 0.1) is 35.0 Å². The third kappa shape index (κ3) is 2.43. The van der Waals surface area contributed by atoms with Gasteiger partial charge in [-0.15, -0.1) is 0 Å². The third-order valence-corrected chi connectivity index (χ3v) is 3.15. The summed E-state index contributed by atoms with van der Waals surface area (Å²) in [5.74, 6) is 0. The first kappa shape index (κ1) is 13.5. The van der Waals surface area contributed by atoms with E-state index in [1.54, 1.807) is 29.0 Å². The minimum absolute atomic E-state index is 0.134. The van der Waals surface area contributed by atoms with E-state index in [2.05, 4.69) is 15.4 Å². The number of nitrogens with one attached hydrogen (secondary N) is 1. The number of nitriles is 1. The second kappa shape index (κ2) is 5.49. The van der Waals surface area contributed by atoms with Gasteiger partial charge in [0.15, 0.2) is 5.65 Å². The molecular formula is C14H10N6O2. The molecule has 2 heterocycles. The van der Waals surface area contributed by atoms with Crippen LogP contribution in [0.3, 0.4) is 0 Å². The fourth-order valence-corrected chi connectivity index (χ4v) is 2.11. The van der Waals surface area contributed by atoms with Crippen LogP contribution in [0.4, 0.5) is 11.4 Å². The fraction of sp³-hybridized carbons (Fsp3) is 0.0714. The number of nitro benzene ring substituents is 1. The van der Waals surface area contributed by atoms with Gasteiger partial charge >= 0.3 is 0 Å². The summed E-state index contributed by atoms with van der Waals surface area (Å²) in [6.07, 6.45) is 3.29. The molecule has 108 valence electrons. The molecule has 8 heteroatoms. The van der Waals surface area contributed by atoms with Crippen LogP contribution in [0.25, 0.3) is 5.65 Å². The third-order valence-electron chi connectivity index (χ3n) is 3.15. The van der Waals surface area contributed by atoms with Gasteiger partial charge in [0, 0.05) is 18.3 Å². The second-order valence-corrected chi connectivity index (χ2v) is 4.49. The molecule has 0 saturated heterocycles. The highest BCUT2D eigenvalue weighted by Crippen LogP contribution is 2.25. The average Bonchev–Trinajstić information content (AvgIpc) is 3.01. The molecule has 1 aromatic carbocycles. The largest absolute Gasteiger partial charge is 0.374 e. The van der Waals surface area contributed by atoms with Crippen molar-refractivity contribution in [2.75, 3.05) is 5.32 Å². The van der Waals surface area contributed by atoms with Gasteiger partial charge in [-0.2, -0.15) is 10.4 Å². The molecule has 0 radical (unpaired) electrons. The van der Waals surface area contributed by atoms with Gasteiger partial charge in [-0.1, -0.05) is 0 Å². The Kier molecular flexibility index (Phi) is 3.37. The van der Waals surface area contributed by atoms with Crippen LogP contribution in [0.15, 0.2) is 42.7 Å². The lowest BCUT2D eigenvalue weighted by Gasteiger charge is -2.08. The number of nitro groups is 1. The molecule has 0 fully saturated rings. The van der Waals surface area contributed by atoms with Crippen molar-refractivity contribution in [2.45, 2.75) is 6.54 Å². The molecular weight excluding hydrogens is 284 g/mol. The zero-order valence-corrected chi connectivity index (χ0v) is 11.3. The zero-order chi connectivity index (χ0) is 15.5. The molecule has 0 saturated carbocycles. The predicted molar refractivity (Wildman–Crippen MR) is 78.1 cm³/mol. The summed E-state index contributed by atoms with van der Waals surface area (Å²) in [5.41, 5.74) is 1.98. The topological polar surface area (TPSA) is 109 Å². The summed E-state index contributed by atoms with van der Waals surface area (Å²) < 4.78 is 1.66. The SMILES string of the molecule is N#Cc1ccc(NCc2ccnc3ccnn23)c([N+](=O)[O-])c1. The van der Waals surface area contributed by atoms with Crippen LogP contribution in [0.5, 0.6) is 0 Å². The van der Waals surface area contributed by atoms with Crippen molar-refractivity contribution in [3.63, 3.8) is 0 Å². The standard InChI is InChI=1S/C14H10N6O2/c15-8-10-1-2-12(13(7-10)20(21)22)17-9-11-3-5-16-14-4-6-18-19(11)14/h1-7,17H,9H2. The summed E-state index contributed by atoms with van der Waals surface area (Å²) in [6.45, 7) is 0.341. The zero-order valence-electron chi connectivity index (χ0n) is 11.3. The number of fused-ring (bicyclic) bond motifs is 1. The summed E-state index contributed by atoms with van der Waals surface area (Å²) in [7, 11) is 0. The predicted octanol–water partition coefficient (Wildman–Crippen LogP) is 2.12. The van der Waals surface area contributed by atoms with Crippen molar-refractivity contribution in [1.82, 2.24) is 14.6 Å². The molecule has 0 unspecified atom stereocenters. The summed E-state index contributed by atoms with van der Waals surface area (Å²) in [5, 5.41) is 27.1. The first-order valence-corrected chi connectivity index (χ1v) is 6.39. The van der Waals surface area contributed by atoms with Gasteiger partial charge in [0.2, 0.25) is 0 Å². The van der Waals surface area contributed by atoms with E-state index >= 15 is 0 Å². The maximum Gasteiger partial charge on any atom is 0.293 e. The molecule has 0 atom stereocenters. The maximum absolute atomic E-state index is 11.1. The molecule has 3 rings (SSSR count). The minimum atomic E-state index is -0.515. The quantitative estimate of drug-likeness (QED) is 0.583. The van der Waals surface area contributed by atoms with Crippen molar-refractivity contribution in [2.24, 2.45) is 0 Å². The van der Waals surface area contributed by atoms with Crippen LogP contribution in [0, 0.1) is 21.4 Å². The lowest BCUT2D eigenvalue weighted by atomic mass is 10.2. The fourth-order valence-electron chi connectivity index (χ4n) is 2.11. The Morgan fingerprint density at radius 3 is 2.95 bits per heavy atom. The van der Waals surface area contributed by atoms with Gasteiger partial charge in [-0.3, -0.25) is 10.1 Å². The van der Waals surface area contributed by atoms with E-state index in [1.807, 2.05) is 6.07 Å². The summed E-state index contributed by atoms with van der Waals surface area (Å²) >= 11 is 0. The van der Waals surface area contributed by atoms with E-state index < -0.39 is 4.92 Å². The normalized spacial score (nSPS) is 10.3. The van der Waals surface area contributed by atoms with Crippen molar-refractivity contribution in [3.05, 3.63) is 64.1 Å². The van der Waals surface area contributed by atoms with E-state index in [9.17, 15) is 10.1 Å². The van der Waals surface area contributed by atoms with Gasteiger partial charge in [0.25, 0.3) is 5.69 Å². The van der Waals surface area contributed by atoms with E-state index in [1.165, 1.54) is 18.2 Å². The molecule has 0 amide bonds. The molecule has 0 spiro atoms. The number of hydrogen-bond acceptors (Lipinski definition) is 6. The monoisotopic (exact) mass is 294 g/mol. The first-order valence-electron chi connectivity index (χ1n) is 6.39. The molecule has 0 aliphatic heterocycles. The number of nitrogens with zero attached hydrogens (tertiary/aromatic N) is 5. The molecule has 0 aliphatic rings. The van der Waals surface area contributed by atoms with Gasteiger partial charge in [0.1, 0.15) is 5.69 Å². The highest BCUT2D eigenvalue weighted by Gasteiger charge is 2.15. The number of benzene rings is 1. The smallest absolute Gasteiger partial charge is 0.293 e. The van der Waals surface area contributed by atoms with E-state index in [4.69, 9.17) is 5.26 Å². The molecule has 22 heavy (non-hydrogen) atoms.